The van der Waals surface area contributed by atoms with Gasteiger partial charge in [-0.25, -0.2) is 9.97 Å². The molecular formula is C7H6N2O4. The molecule has 0 saturated carbocycles. The number of carboxylic acid groups (broad SMARTS) is 1. The lowest BCUT2D eigenvalue weighted by Crippen LogP contribution is -2.14. The molecule has 0 saturated heterocycles. The second-order valence-corrected chi connectivity index (χ2v) is 2.08. The van der Waals surface area contributed by atoms with Crippen LogP contribution < -0.4 is 4.74 Å². The van der Waals surface area contributed by atoms with Crippen molar-refractivity contribution in [2.75, 3.05) is 0 Å². The Kier molecular flexibility index (Phi) is 2.91. The smallest absolute Gasteiger partial charge is 0.324 e. The Morgan fingerprint density at radius 1 is 1.38 bits per heavy atom. The van der Waals surface area contributed by atoms with Crippen LogP contribution in [-0.4, -0.2) is 27.0 Å². The first-order chi connectivity index (χ1) is 6.18. The summed E-state index contributed by atoms with van der Waals surface area (Å²) in [5.41, 5.74) is 0. The van der Waals surface area contributed by atoms with E-state index in [4.69, 9.17) is 5.11 Å². The normalized spacial score (nSPS) is 9.23. The van der Waals surface area contributed by atoms with E-state index < -0.39 is 18.4 Å². The molecule has 1 N–H and O–H groups in total. The van der Waals surface area contributed by atoms with Crippen LogP contribution in [0.2, 0.25) is 0 Å². The summed E-state index contributed by atoms with van der Waals surface area (Å²) in [5, 5.41) is 8.22. The van der Waals surface area contributed by atoms with Crippen molar-refractivity contribution >= 4 is 11.9 Å². The SMILES string of the molecule is O=C(O)CC(=O)Oc1ncccn1. The van der Waals surface area contributed by atoms with Gasteiger partial charge in [-0.05, 0) is 6.07 Å². The van der Waals surface area contributed by atoms with Gasteiger partial charge in [-0.1, -0.05) is 0 Å². The van der Waals surface area contributed by atoms with Crippen LogP contribution in [0.3, 0.4) is 0 Å². The van der Waals surface area contributed by atoms with Gasteiger partial charge in [0.2, 0.25) is 0 Å². The van der Waals surface area contributed by atoms with Crippen LogP contribution in [0.4, 0.5) is 0 Å². The predicted molar refractivity (Wildman–Crippen MR) is 39.9 cm³/mol. The van der Waals surface area contributed by atoms with Crippen molar-refractivity contribution in [2.45, 2.75) is 6.42 Å². The third kappa shape index (κ3) is 3.28. The molecule has 0 aliphatic carbocycles. The van der Waals surface area contributed by atoms with Crippen molar-refractivity contribution in [3.8, 4) is 6.01 Å². The summed E-state index contributed by atoms with van der Waals surface area (Å²) >= 11 is 0. The summed E-state index contributed by atoms with van der Waals surface area (Å²) in [4.78, 5) is 28.0. The van der Waals surface area contributed by atoms with Gasteiger partial charge >= 0.3 is 17.9 Å². The van der Waals surface area contributed by atoms with Crippen LogP contribution in [-0.2, 0) is 9.59 Å². The number of rotatable bonds is 3. The summed E-state index contributed by atoms with van der Waals surface area (Å²) in [6.07, 6.45) is 2.07. The van der Waals surface area contributed by atoms with Crippen molar-refractivity contribution in [1.29, 1.82) is 0 Å². The zero-order chi connectivity index (χ0) is 9.68. The van der Waals surface area contributed by atoms with Crippen molar-refractivity contribution < 1.29 is 19.4 Å². The molecule has 1 rings (SSSR count). The van der Waals surface area contributed by atoms with Crippen LogP contribution in [0.1, 0.15) is 6.42 Å². The summed E-state index contributed by atoms with van der Waals surface area (Å²) in [5.74, 6) is -2.14. The predicted octanol–water partition coefficient (Wildman–Crippen LogP) is -0.143. The zero-order valence-corrected chi connectivity index (χ0v) is 6.51. The maximum absolute atomic E-state index is 10.7. The molecule has 0 aromatic carbocycles. The van der Waals surface area contributed by atoms with Crippen molar-refractivity contribution in [3.63, 3.8) is 0 Å². The average molecular weight is 182 g/mol. The van der Waals surface area contributed by atoms with E-state index in [0.29, 0.717) is 0 Å². The summed E-state index contributed by atoms with van der Waals surface area (Å²) < 4.78 is 4.48. The monoisotopic (exact) mass is 182 g/mol. The Morgan fingerprint density at radius 2 is 2.00 bits per heavy atom. The topological polar surface area (TPSA) is 89.4 Å². The number of esters is 1. The number of hydrogen-bond acceptors (Lipinski definition) is 5. The summed E-state index contributed by atoms with van der Waals surface area (Å²) in [6.45, 7) is 0. The highest BCUT2D eigenvalue weighted by Crippen LogP contribution is 1.98. The van der Waals surface area contributed by atoms with E-state index in [1.165, 1.54) is 12.4 Å². The van der Waals surface area contributed by atoms with Gasteiger partial charge in [-0.15, -0.1) is 0 Å². The van der Waals surface area contributed by atoms with Gasteiger partial charge in [0.1, 0.15) is 6.42 Å². The molecule has 0 spiro atoms. The number of carboxylic acids is 1. The molecule has 0 radical (unpaired) electrons. The number of nitrogens with zero attached hydrogens (tertiary/aromatic N) is 2. The second-order valence-electron chi connectivity index (χ2n) is 2.08. The highest BCUT2D eigenvalue weighted by molar-refractivity contribution is 5.90. The van der Waals surface area contributed by atoms with Gasteiger partial charge in [0.25, 0.3) is 0 Å². The molecule has 0 unspecified atom stereocenters. The molecule has 1 aromatic rings. The van der Waals surface area contributed by atoms with Crippen molar-refractivity contribution in [1.82, 2.24) is 9.97 Å². The van der Waals surface area contributed by atoms with E-state index in [1.54, 1.807) is 6.07 Å². The van der Waals surface area contributed by atoms with Gasteiger partial charge in [0.15, 0.2) is 0 Å². The van der Waals surface area contributed by atoms with Crippen LogP contribution in [0.15, 0.2) is 18.5 Å². The van der Waals surface area contributed by atoms with E-state index in [9.17, 15) is 9.59 Å². The quantitative estimate of drug-likeness (QED) is 0.516. The molecule has 1 aromatic heterocycles. The Balaban J connectivity index is 2.50. The van der Waals surface area contributed by atoms with Gasteiger partial charge < -0.3 is 9.84 Å². The Bertz CT molecular complexity index is 312. The standard InChI is InChI=1S/C7H6N2O4/c10-5(11)4-6(12)13-7-8-2-1-3-9-7/h1-3H,4H2,(H,10,11). The van der Waals surface area contributed by atoms with E-state index in [-0.39, 0.29) is 6.01 Å². The highest BCUT2D eigenvalue weighted by atomic mass is 16.5. The van der Waals surface area contributed by atoms with Crippen molar-refractivity contribution in [2.24, 2.45) is 0 Å². The van der Waals surface area contributed by atoms with Gasteiger partial charge in [-0.2, -0.15) is 0 Å². The zero-order valence-electron chi connectivity index (χ0n) is 6.51. The number of carbonyl (C=O) groups is 2. The first kappa shape index (κ1) is 9.11. The lowest BCUT2D eigenvalue weighted by atomic mass is 10.4. The molecule has 0 amide bonds. The molecule has 13 heavy (non-hydrogen) atoms. The first-order valence-corrected chi connectivity index (χ1v) is 3.38. The lowest BCUT2D eigenvalue weighted by Gasteiger charge is -1.97. The fourth-order valence-electron chi connectivity index (χ4n) is 0.599. The van der Waals surface area contributed by atoms with Crippen molar-refractivity contribution in [3.05, 3.63) is 18.5 Å². The highest BCUT2D eigenvalue weighted by Gasteiger charge is 2.10. The van der Waals surface area contributed by atoms with Crippen LogP contribution in [0, 0.1) is 0 Å². The molecule has 0 aliphatic heterocycles. The first-order valence-electron chi connectivity index (χ1n) is 3.38. The number of aliphatic carboxylic acids is 1. The molecular weight excluding hydrogens is 176 g/mol. The van der Waals surface area contributed by atoms with Crippen LogP contribution in [0.5, 0.6) is 6.01 Å². The third-order valence-electron chi connectivity index (χ3n) is 1.04. The molecule has 68 valence electrons. The molecule has 1 heterocycles. The number of hydrogen-bond donors (Lipinski definition) is 1. The second kappa shape index (κ2) is 4.15. The van der Waals surface area contributed by atoms with Crippen LogP contribution in [0.25, 0.3) is 0 Å². The van der Waals surface area contributed by atoms with Gasteiger partial charge in [-0.3, -0.25) is 9.59 Å². The minimum atomic E-state index is -1.25. The third-order valence-corrected chi connectivity index (χ3v) is 1.04. The number of carbonyl (C=O) groups excluding carboxylic acids is 1. The summed E-state index contributed by atoms with van der Waals surface area (Å²) in [7, 11) is 0. The Labute approximate surface area is 73.2 Å². The van der Waals surface area contributed by atoms with E-state index in [2.05, 4.69) is 14.7 Å². The minimum absolute atomic E-state index is 0.145. The minimum Gasteiger partial charge on any atom is -0.481 e. The van der Waals surface area contributed by atoms with Gasteiger partial charge in [0.05, 0.1) is 0 Å². The average Bonchev–Trinajstić information content (AvgIpc) is 2.04. The fraction of sp³-hybridized carbons (Fsp3) is 0.143. The maximum Gasteiger partial charge on any atom is 0.324 e. The lowest BCUT2D eigenvalue weighted by molar-refractivity contribution is -0.146. The van der Waals surface area contributed by atoms with Crippen LogP contribution >= 0.6 is 0 Å². The van der Waals surface area contributed by atoms with E-state index in [1.807, 2.05) is 0 Å². The van der Waals surface area contributed by atoms with Gasteiger partial charge in [0, 0.05) is 12.4 Å². The summed E-state index contributed by atoms with van der Waals surface area (Å²) in [6, 6.07) is 1.41. The number of ether oxygens (including phenoxy) is 1. The molecule has 0 fully saturated rings. The molecule has 0 aliphatic rings. The number of aromatic nitrogens is 2. The van der Waals surface area contributed by atoms with E-state index >= 15 is 0 Å². The Morgan fingerprint density at radius 3 is 2.54 bits per heavy atom. The van der Waals surface area contributed by atoms with E-state index in [0.717, 1.165) is 0 Å². The largest absolute Gasteiger partial charge is 0.481 e. The Hall–Kier alpha value is -1.98. The maximum atomic E-state index is 10.7. The molecule has 0 bridgehead atoms. The molecule has 6 nitrogen and oxygen atoms in total. The molecule has 6 heteroatoms. The molecule has 0 atom stereocenters. The fourth-order valence-corrected chi connectivity index (χ4v) is 0.599.